The molecule has 2 aromatic rings. The number of aryl methyl sites for hydroxylation is 1. The number of benzene rings is 2. The Hall–Kier alpha value is -3.32. The summed E-state index contributed by atoms with van der Waals surface area (Å²) >= 11 is 0. The van der Waals surface area contributed by atoms with E-state index in [1.165, 1.54) is 4.90 Å². The van der Waals surface area contributed by atoms with Crippen LogP contribution >= 0.6 is 0 Å². The smallest absolute Gasteiger partial charge is 0.282 e. The average molecular weight is 451 g/mol. The first-order valence-corrected chi connectivity index (χ1v) is 11.1. The zero-order valence-corrected chi connectivity index (χ0v) is 20.0. The fourth-order valence-corrected chi connectivity index (χ4v) is 4.62. The molecule has 2 aliphatic rings. The predicted octanol–water partition coefficient (Wildman–Crippen LogP) is 3.71. The fourth-order valence-electron chi connectivity index (χ4n) is 4.62. The lowest BCUT2D eigenvalue weighted by Gasteiger charge is -2.37. The van der Waals surface area contributed by atoms with Crippen LogP contribution in [0.25, 0.3) is 5.57 Å². The Morgan fingerprint density at radius 1 is 0.909 bits per heavy atom. The van der Waals surface area contributed by atoms with E-state index in [1.54, 1.807) is 32.4 Å². The van der Waals surface area contributed by atoms with Crippen molar-refractivity contribution in [1.82, 2.24) is 4.90 Å². The normalized spacial score (nSPS) is 21.2. The summed E-state index contributed by atoms with van der Waals surface area (Å²) in [4.78, 5) is 31.0. The van der Waals surface area contributed by atoms with Crippen molar-refractivity contribution in [2.24, 2.45) is 0 Å². The Morgan fingerprint density at radius 2 is 1.58 bits per heavy atom. The van der Waals surface area contributed by atoms with Gasteiger partial charge in [-0.1, -0.05) is 18.2 Å². The van der Waals surface area contributed by atoms with Gasteiger partial charge in [0.05, 0.1) is 37.7 Å². The molecule has 0 saturated carbocycles. The monoisotopic (exact) mass is 450 g/mol. The lowest BCUT2D eigenvalue weighted by molar-refractivity contribution is -0.121. The molecule has 1 fully saturated rings. The van der Waals surface area contributed by atoms with Crippen molar-refractivity contribution in [3.63, 3.8) is 0 Å². The molecule has 33 heavy (non-hydrogen) atoms. The summed E-state index contributed by atoms with van der Waals surface area (Å²) in [5.74, 6) is 0.388. The summed E-state index contributed by atoms with van der Waals surface area (Å²) < 4.78 is 16.7. The molecule has 0 aliphatic carbocycles. The van der Waals surface area contributed by atoms with Gasteiger partial charge in [-0.3, -0.25) is 9.59 Å². The van der Waals surface area contributed by atoms with E-state index in [2.05, 4.69) is 0 Å². The van der Waals surface area contributed by atoms with Crippen LogP contribution in [-0.4, -0.2) is 56.2 Å². The molecule has 0 spiro atoms. The van der Waals surface area contributed by atoms with Gasteiger partial charge < -0.3 is 19.1 Å². The highest BCUT2D eigenvalue weighted by Gasteiger charge is 2.44. The SMILES string of the molecule is COc1ccc(C2=C(N3CC(C)OC(C)C3)C(=O)N(c3cccc(C)c3C)C2=O)cc1OC. The minimum absolute atomic E-state index is 0.0643. The summed E-state index contributed by atoms with van der Waals surface area (Å²) in [6, 6.07) is 10.9. The Kier molecular flexibility index (Phi) is 6.17. The molecule has 7 heteroatoms. The number of rotatable bonds is 5. The molecule has 0 bridgehead atoms. The number of imide groups is 1. The molecule has 4 rings (SSSR count). The van der Waals surface area contributed by atoms with Gasteiger partial charge in [-0.2, -0.15) is 0 Å². The van der Waals surface area contributed by atoms with Gasteiger partial charge in [0, 0.05) is 13.1 Å². The maximum absolute atomic E-state index is 13.9. The highest BCUT2D eigenvalue weighted by atomic mass is 16.5. The van der Waals surface area contributed by atoms with E-state index in [4.69, 9.17) is 14.2 Å². The Labute approximate surface area is 194 Å². The molecule has 2 aliphatic heterocycles. The molecule has 0 aromatic heterocycles. The van der Waals surface area contributed by atoms with Gasteiger partial charge in [-0.05, 0) is 62.6 Å². The third-order valence-corrected chi connectivity index (χ3v) is 6.28. The highest BCUT2D eigenvalue weighted by molar-refractivity contribution is 6.45. The molecule has 174 valence electrons. The van der Waals surface area contributed by atoms with Crippen LogP contribution in [0.15, 0.2) is 42.1 Å². The molecule has 2 atom stereocenters. The molecule has 0 radical (unpaired) electrons. The van der Waals surface area contributed by atoms with Gasteiger partial charge in [-0.25, -0.2) is 4.90 Å². The molecule has 2 aromatic carbocycles. The van der Waals surface area contributed by atoms with E-state index < -0.39 is 0 Å². The van der Waals surface area contributed by atoms with E-state index in [-0.39, 0.29) is 24.0 Å². The second-order valence-corrected chi connectivity index (χ2v) is 8.62. The number of morpholine rings is 1. The number of methoxy groups -OCH3 is 2. The number of amides is 2. The lowest BCUT2D eigenvalue weighted by atomic mass is 10.0. The lowest BCUT2D eigenvalue weighted by Crippen LogP contribution is -2.47. The number of carbonyl (C=O) groups is 2. The van der Waals surface area contributed by atoms with Crippen molar-refractivity contribution in [2.45, 2.75) is 39.9 Å². The second-order valence-electron chi connectivity index (χ2n) is 8.62. The van der Waals surface area contributed by atoms with Crippen molar-refractivity contribution < 1.29 is 23.8 Å². The first-order chi connectivity index (χ1) is 15.8. The van der Waals surface area contributed by atoms with Crippen LogP contribution in [0, 0.1) is 13.8 Å². The van der Waals surface area contributed by atoms with Gasteiger partial charge in [0.15, 0.2) is 11.5 Å². The summed E-state index contributed by atoms with van der Waals surface area (Å²) in [7, 11) is 3.11. The number of carbonyl (C=O) groups excluding carboxylic acids is 2. The van der Waals surface area contributed by atoms with Crippen molar-refractivity contribution in [3.05, 3.63) is 58.8 Å². The summed E-state index contributed by atoms with van der Waals surface area (Å²) in [6.45, 7) is 8.90. The molecular weight excluding hydrogens is 420 g/mol. The third kappa shape index (κ3) is 3.97. The molecule has 2 heterocycles. The number of hydrogen-bond acceptors (Lipinski definition) is 6. The van der Waals surface area contributed by atoms with Crippen LogP contribution in [0.3, 0.4) is 0 Å². The predicted molar refractivity (Wildman–Crippen MR) is 126 cm³/mol. The minimum atomic E-state index is -0.345. The van der Waals surface area contributed by atoms with Crippen molar-refractivity contribution in [1.29, 1.82) is 0 Å². The molecule has 7 nitrogen and oxygen atoms in total. The molecule has 2 amide bonds. The van der Waals surface area contributed by atoms with Crippen LogP contribution in [0.2, 0.25) is 0 Å². The maximum atomic E-state index is 13.9. The largest absolute Gasteiger partial charge is 0.493 e. The molecule has 2 unspecified atom stereocenters. The Morgan fingerprint density at radius 3 is 2.21 bits per heavy atom. The average Bonchev–Trinajstić information content (AvgIpc) is 3.04. The minimum Gasteiger partial charge on any atom is -0.493 e. The summed E-state index contributed by atoms with van der Waals surface area (Å²) in [5, 5.41) is 0. The van der Waals surface area contributed by atoms with Crippen molar-refractivity contribution in [3.8, 4) is 11.5 Å². The fraction of sp³-hybridized carbons (Fsp3) is 0.385. The number of hydrogen-bond donors (Lipinski definition) is 0. The number of nitrogens with zero attached hydrogens (tertiary/aromatic N) is 2. The number of ether oxygens (including phenoxy) is 3. The van der Waals surface area contributed by atoms with Crippen LogP contribution in [0.5, 0.6) is 11.5 Å². The van der Waals surface area contributed by atoms with E-state index in [1.807, 2.05) is 50.8 Å². The van der Waals surface area contributed by atoms with E-state index in [0.29, 0.717) is 47.1 Å². The van der Waals surface area contributed by atoms with Crippen LogP contribution < -0.4 is 14.4 Å². The first-order valence-electron chi connectivity index (χ1n) is 11.1. The summed E-state index contributed by atoms with van der Waals surface area (Å²) in [6.07, 6.45) is -0.129. The van der Waals surface area contributed by atoms with Gasteiger partial charge in [0.1, 0.15) is 5.70 Å². The number of anilines is 1. The molecule has 1 saturated heterocycles. The first kappa shape index (κ1) is 22.9. The van der Waals surface area contributed by atoms with Crippen LogP contribution in [0.4, 0.5) is 5.69 Å². The zero-order chi connectivity index (χ0) is 23.9. The summed E-state index contributed by atoms with van der Waals surface area (Å²) in [5.41, 5.74) is 3.89. The van der Waals surface area contributed by atoms with Crippen LogP contribution in [0.1, 0.15) is 30.5 Å². The van der Waals surface area contributed by atoms with Gasteiger partial charge >= 0.3 is 0 Å². The zero-order valence-electron chi connectivity index (χ0n) is 20.0. The van der Waals surface area contributed by atoms with E-state index in [9.17, 15) is 9.59 Å². The third-order valence-electron chi connectivity index (χ3n) is 6.28. The van der Waals surface area contributed by atoms with Crippen LogP contribution in [-0.2, 0) is 14.3 Å². The van der Waals surface area contributed by atoms with E-state index in [0.717, 1.165) is 11.1 Å². The van der Waals surface area contributed by atoms with Crippen molar-refractivity contribution in [2.75, 3.05) is 32.2 Å². The topological polar surface area (TPSA) is 68.3 Å². The highest BCUT2D eigenvalue weighted by Crippen LogP contribution is 2.39. The molecular formula is C26H30N2O5. The van der Waals surface area contributed by atoms with Crippen molar-refractivity contribution >= 4 is 23.1 Å². The Balaban J connectivity index is 1.89. The molecule has 0 N–H and O–H groups in total. The second kappa shape index (κ2) is 8.90. The van der Waals surface area contributed by atoms with E-state index >= 15 is 0 Å². The van der Waals surface area contributed by atoms with Gasteiger partial charge in [0.2, 0.25) is 0 Å². The van der Waals surface area contributed by atoms with Gasteiger partial charge in [0.25, 0.3) is 11.8 Å². The van der Waals surface area contributed by atoms with Gasteiger partial charge in [-0.15, -0.1) is 0 Å². The standard InChI is InChI=1S/C26H30N2O5/c1-15-8-7-9-20(18(15)4)28-25(29)23(19-10-11-21(31-5)22(12-19)32-6)24(26(28)30)27-13-16(2)33-17(3)14-27/h7-12,16-17H,13-14H2,1-6H3. The maximum Gasteiger partial charge on any atom is 0.282 e. The quantitative estimate of drug-likeness (QED) is 0.647. The Bertz CT molecular complexity index is 1130.